The van der Waals surface area contributed by atoms with Crippen LogP contribution >= 0.6 is 11.6 Å². The van der Waals surface area contributed by atoms with Gasteiger partial charge >= 0.3 is 6.09 Å². The van der Waals surface area contributed by atoms with Crippen LogP contribution in [0.1, 0.15) is 30.3 Å². The number of aromatic nitrogens is 2. The zero-order valence-electron chi connectivity index (χ0n) is 14.7. The van der Waals surface area contributed by atoms with E-state index in [2.05, 4.69) is 15.6 Å². The Morgan fingerprint density at radius 3 is 2.74 bits per heavy atom. The Morgan fingerprint density at radius 1 is 1.37 bits per heavy atom. The third kappa shape index (κ3) is 4.00. The summed E-state index contributed by atoms with van der Waals surface area (Å²) in [5.41, 5.74) is 5.35. The summed E-state index contributed by atoms with van der Waals surface area (Å²) >= 11 is 6.50. The van der Waals surface area contributed by atoms with Gasteiger partial charge in [-0.25, -0.2) is 23.7 Å². The van der Waals surface area contributed by atoms with Gasteiger partial charge in [0.15, 0.2) is 0 Å². The smallest absolute Gasteiger partial charge is 0.427 e. The van der Waals surface area contributed by atoms with E-state index in [0.717, 1.165) is 11.8 Å². The number of carbonyl (C=O) groups is 1. The van der Waals surface area contributed by atoms with Gasteiger partial charge in [-0.15, -0.1) is 0 Å². The molecule has 6 nitrogen and oxygen atoms in total. The molecule has 2 aromatic rings. The molecule has 0 fully saturated rings. The van der Waals surface area contributed by atoms with Crippen LogP contribution in [0, 0.1) is 18.6 Å². The van der Waals surface area contributed by atoms with Crippen LogP contribution in [0.3, 0.4) is 0 Å². The van der Waals surface area contributed by atoms with Gasteiger partial charge in [0.05, 0.1) is 34.9 Å². The molecule has 0 radical (unpaired) electrons. The first-order chi connectivity index (χ1) is 12.9. The highest BCUT2D eigenvalue weighted by atomic mass is 35.5. The third-order valence-electron chi connectivity index (χ3n) is 4.03. The summed E-state index contributed by atoms with van der Waals surface area (Å²) in [6.45, 7) is 3.70. The lowest BCUT2D eigenvalue weighted by Crippen LogP contribution is -2.19. The van der Waals surface area contributed by atoms with Crippen LogP contribution in [0.25, 0.3) is 10.7 Å². The van der Waals surface area contributed by atoms with Crippen molar-refractivity contribution in [3.63, 3.8) is 0 Å². The van der Waals surface area contributed by atoms with E-state index in [1.165, 1.54) is 23.0 Å². The van der Waals surface area contributed by atoms with Gasteiger partial charge in [0.25, 0.3) is 0 Å². The molecule has 9 heteroatoms. The van der Waals surface area contributed by atoms with Crippen LogP contribution in [0.15, 0.2) is 28.9 Å². The number of hydrogen-bond donors (Lipinski definition) is 1. The van der Waals surface area contributed by atoms with Gasteiger partial charge in [-0.05, 0) is 44.4 Å². The Hall–Kier alpha value is -2.74. The van der Waals surface area contributed by atoms with E-state index in [1.807, 2.05) is 0 Å². The number of halogens is 3. The maximum Gasteiger partial charge on any atom is 0.427 e. The van der Waals surface area contributed by atoms with Gasteiger partial charge in [0.1, 0.15) is 11.6 Å². The molecule has 0 atom stereocenters. The summed E-state index contributed by atoms with van der Waals surface area (Å²) in [6.07, 6.45) is 1.88. The van der Waals surface area contributed by atoms with E-state index < -0.39 is 17.7 Å². The number of hydrazone groups is 1. The SMILES string of the molecule is CCOC(=O)N/N=C/C1=C(Cl)c2c(C)nn(-c3cc(F)cc(F)c3)c2CC1. The van der Waals surface area contributed by atoms with Crippen LogP contribution in [0.5, 0.6) is 0 Å². The maximum absolute atomic E-state index is 13.6. The Labute approximate surface area is 159 Å². The number of benzene rings is 1. The van der Waals surface area contributed by atoms with Crippen molar-refractivity contribution in [1.82, 2.24) is 15.2 Å². The largest absolute Gasteiger partial charge is 0.449 e. The number of nitrogens with zero attached hydrogens (tertiary/aromatic N) is 3. The quantitative estimate of drug-likeness (QED) is 0.627. The molecule has 1 aliphatic rings. The lowest BCUT2D eigenvalue weighted by molar-refractivity contribution is 0.152. The molecule has 0 saturated carbocycles. The molecule has 0 unspecified atom stereocenters. The Morgan fingerprint density at radius 2 is 2.07 bits per heavy atom. The monoisotopic (exact) mass is 394 g/mol. The van der Waals surface area contributed by atoms with Crippen molar-refractivity contribution in [3.05, 3.63) is 52.4 Å². The first-order valence-corrected chi connectivity index (χ1v) is 8.68. The fraction of sp³-hybridized carbons (Fsp3) is 0.278. The summed E-state index contributed by atoms with van der Waals surface area (Å²) < 4.78 is 33.4. The second-order valence-electron chi connectivity index (χ2n) is 5.88. The molecule has 1 N–H and O–H groups in total. The Kier molecular flexibility index (Phi) is 5.55. The Balaban J connectivity index is 1.93. The van der Waals surface area contributed by atoms with E-state index in [-0.39, 0.29) is 6.61 Å². The molecule has 0 saturated heterocycles. The molecule has 0 aliphatic heterocycles. The minimum Gasteiger partial charge on any atom is -0.449 e. The summed E-state index contributed by atoms with van der Waals surface area (Å²) in [6, 6.07) is 3.24. The van der Waals surface area contributed by atoms with Crippen molar-refractivity contribution in [2.24, 2.45) is 5.10 Å². The van der Waals surface area contributed by atoms with E-state index in [9.17, 15) is 13.6 Å². The Bertz CT molecular complexity index is 933. The van der Waals surface area contributed by atoms with Crippen molar-refractivity contribution in [3.8, 4) is 5.69 Å². The van der Waals surface area contributed by atoms with Gasteiger partial charge in [-0.2, -0.15) is 10.2 Å². The van der Waals surface area contributed by atoms with Crippen LogP contribution < -0.4 is 5.43 Å². The molecule has 1 aliphatic carbocycles. The van der Waals surface area contributed by atoms with Gasteiger partial charge in [0, 0.05) is 11.6 Å². The topological polar surface area (TPSA) is 68.5 Å². The molecule has 1 aromatic heterocycles. The first-order valence-electron chi connectivity index (χ1n) is 8.30. The highest BCUT2D eigenvalue weighted by Crippen LogP contribution is 2.36. The third-order valence-corrected chi connectivity index (χ3v) is 4.46. The summed E-state index contributed by atoms with van der Waals surface area (Å²) in [5, 5.41) is 8.67. The molecule has 3 rings (SSSR count). The van der Waals surface area contributed by atoms with Gasteiger partial charge in [0.2, 0.25) is 0 Å². The number of nitrogens with one attached hydrogen (secondary N) is 1. The average Bonchev–Trinajstić information content (AvgIpc) is 2.94. The molecular formula is C18H17ClF2N4O2. The molecule has 0 bridgehead atoms. The molecule has 1 heterocycles. The van der Waals surface area contributed by atoms with Crippen molar-refractivity contribution >= 4 is 28.9 Å². The molecule has 0 spiro atoms. The minimum atomic E-state index is -0.679. The van der Waals surface area contributed by atoms with Crippen molar-refractivity contribution in [2.75, 3.05) is 6.61 Å². The predicted molar refractivity (Wildman–Crippen MR) is 98.0 cm³/mol. The van der Waals surface area contributed by atoms with E-state index in [0.29, 0.717) is 40.4 Å². The number of ether oxygens (including phenoxy) is 1. The zero-order chi connectivity index (χ0) is 19.6. The van der Waals surface area contributed by atoms with Crippen LogP contribution in [-0.2, 0) is 11.2 Å². The average molecular weight is 395 g/mol. The molecular weight excluding hydrogens is 378 g/mol. The van der Waals surface area contributed by atoms with Gasteiger partial charge < -0.3 is 4.74 Å². The lowest BCUT2D eigenvalue weighted by atomic mass is 9.96. The zero-order valence-corrected chi connectivity index (χ0v) is 15.5. The van der Waals surface area contributed by atoms with E-state index in [4.69, 9.17) is 16.3 Å². The molecule has 1 amide bonds. The summed E-state index contributed by atoms with van der Waals surface area (Å²) in [7, 11) is 0. The normalized spacial score (nSPS) is 13.8. The summed E-state index contributed by atoms with van der Waals surface area (Å²) in [4.78, 5) is 11.3. The predicted octanol–water partition coefficient (Wildman–Crippen LogP) is 4.09. The standard InChI is InChI=1S/C18H17ClF2N4O2/c1-3-27-18(26)23-22-9-11-4-5-15-16(17(11)19)10(2)24-25(15)14-7-12(20)6-13(21)8-14/h6-9H,3-5H2,1-2H3,(H,23,26)/b22-9+. The number of fused-ring (bicyclic) bond motifs is 1. The van der Waals surface area contributed by atoms with E-state index in [1.54, 1.807) is 13.8 Å². The van der Waals surface area contributed by atoms with Gasteiger partial charge in [-0.1, -0.05) is 11.6 Å². The van der Waals surface area contributed by atoms with Crippen LogP contribution in [0.4, 0.5) is 13.6 Å². The number of rotatable bonds is 4. The minimum absolute atomic E-state index is 0.243. The molecule has 1 aromatic carbocycles. The number of aryl methyl sites for hydroxylation is 1. The molecule has 142 valence electrons. The first kappa shape index (κ1) is 19.0. The highest BCUT2D eigenvalue weighted by Gasteiger charge is 2.25. The number of amides is 1. The second kappa shape index (κ2) is 7.87. The van der Waals surface area contributed by atoms with E-state index >= 15 is 0 Å². The second-order valence-corrected chi connectivity index (χ2v) is 6.25. The fourth-order valence-corrected chi connectivity index (χ4v) is 3.33. The van der Waals surface area contributed by atoms with Gasteiger partial charge in [-0.3, -0.25) is 0 Å². The lowest BCUT2D eigenvalue weighted by Gasteiger charge is -2.16. The summed E-state index contributed by atoms with van der Waals surface area (Å²) in [5.74, 6) is -1.36. The molecule has 27 heavy (non-hydrogen) atoms. The van der Waals surface area contributed by atoms with Crippen molar-refractivity contribution < 1.29 is 18.3 Å². The van der Waals surface area contributed by atoms with Crippen LogP contribution in [-0.4, -0.2) is 28.7 Å². The van der Waals surface area contributed by atoms with Crippen molar-refractivity contribution in [1.29, 1.82) is 0 Å². The maximum atomic E-state index is 13.6. The highest BCUT2D eigenvalue weighted by molar-refractivity contribution is 6.51. The number of carbonyl (C=O) groups excluding carboxylic acids is 1. The number of hydrogen-bond acceptors (Lipinski definition) is 4. The fourth-order valence-electron chi connectivity index (χ4n) is 2.94. The number of allylic oxidation sites excluding steroid dienone is 1. The van der Waals surface area contributed by atoms with Crippen molar-refractivity contribution in [2.45, 2.75) is 26.7 Å². The van der Waals surface area contributed by atoms with Crippen LogP contribution in [0.2, 0.25) is 0 Å².